The lowest BCUT2D eigenvalue weighted by atomic mass is 9.97. The zero-order valence-electron chi connectivity index (χ0n) is 20.1. The quantitative estimate of drug-likeness (QED) is 0.387. The van der Waals surface area contributed by atoms with E-state index >= 15 is 0 Å². The van der Waals surface area contributed by atoms with E-state index in [1.54, 1.807) is 35.0 Å². The molecule has 3 aromatic heterocycles. The van der Waals surface area contributed by atoms with Gasteiger partial charge in [-0.3, -0.25) is 14.5 Å². The van der Waals surface area contributed by atoms with Gasteiger partial charge in [-0.25, -0.2) is 4.52 Å². The molecule has 9 nitrogen and oxygen atoms in total. The molecule has 186 valence electrons. The van der Waals surface area contributed by atoms with E-state index in [0.29, 0.717) is 23.9 Å². The fourth-order valence-electron chi connectivity index (χ4n) is 4.80. The van der Waals surface area contributed by atoms with Crippen LogP contribution in [-0.2, 0) is 9.59 Å². The Morgan fingerprint density at radius 2 is 2.09 bits per heavy atom. The lowest BCUT2D eigenvalue weighted by Crippen LogP contribution is -2.48. The third-order valence-electron chi connectivity index (χ3n) is 6.93. The van der Waals surface area contributed by atoms with Gasteiger partial charge in [0.15, 0.2) is 5.65 Å². The van der Waals surface area contributed by atoms with Crippen LogP contribution in [0.15, 0.2) is 30.6 Å². The highest BCUT2D eigenvalue weighted by Crippen LogP contribution is 2.36. The minimum absolute atomic E-state index is 0.0287. The van der Waals surface area contributed by atoms with Crippen LogP contribution in [0.4, 0.5) is 10.7 Å². The Morgan fingerprint density at radius 3 is 2.80 bits per heavy atom. The Bertz CT molecular complexity index is 1180. The molecule has 0 aliphatic heterocycles. The van der Waals surface area contributed by atoms with Crippen molar-refractivity contribution in [2.45, 2.75) is 70.0 Å². The molecule has 0 radical (unpaired) electrons. The molecule has 3 heterocycles. The highest BCUT2D eigenvalue weighted by Gasteiger charge is 2.34. The molecule has 5 rings (SSSR count). The summed E-state index contributed by atoms with van der Waals surface area (Å²) in [4.78, 5) is 32.6. The van der Waals surface area contributed by atoms with Crippen LogP contribution in [0.3, 0.4) is 0 Å². The van der Waals surface area contributed by atoms with Gasteiger partial charge < -0.3 is 15.4 Å². The number of aromatic nitrogens is 3. The number of fused-ring (bicyclic) bond motifs is 1. The first-order valence-corrected chi connectivity index (χ1v) is 13.2. The number of nitrogens with one attached hydrogen (secondary N) is 2. The largest absolute Gasteiger partial charge is 0.481 e. The normalized spacial score (nSPS) is 17.8. The van der Waals surface area contributed by atoms with Gasteiger partial charge in [0.05, 0.1) is 24.3 Å². The van der Waals surface area contributed by atoms with Crippen molar-refractivity contribution in [2.75, 3.05) is 17.3 Å². The molecule has 1 unspecified atom stereocenters. The maximum atomic E-state index is 13.1. The highest BCUT2D eigenvalue weighted by molar-refractivity contribution is 7.16. The minimum atomic E-state index is -0.470. The highest BCUT2D eigenvalue weighted by atomic mass is 32.1. The first-order valence-electron chi connectivity index (χ1n) is 12.3. The average Bonchev–Trinajstić information content (AvgIpc) is 3.24. The maximum absolute atomic E-state index is 13.1. The Balaban J connectivity index is 1.33. The second-order valence-corrected chi connectivity index (χ2v) is 10.6. The predicted octanol–water partition coefficient (Wildman–Crippen LogP) is 4.16. The minimum Gasteiger partial charge on any atom is -0.481 e. The number of hydrogen-bond donors (Lipinski definition) is 2. The fraction of sp³-hybridized carbons (Fsp3) is 0.520. The number of amides is 2. The first-order chi connectivity index (χ1) is 17.1. The van der Waals surface area contributed by atoms with E-state index in [4.69, 9.17) is 4.74 Å². The van der Waals surface area contributed by atoms with E-state index in [0.717, 1.165) is 47.7 Å². The molecule has 2 saturated carbocycles. The molecule has 3 aromatic rings. The van der Waals surface area contributed by atoms with E-state index in [2.05, 4.69) is 27.6 Å². The summed E-state index contributed by atoms with van der Waals surface area (Å²) in [6, 6.07) is 5.46. The Labute approximate surface area is 208 Å². The van der Waals surface area contributed by atoms with Gasteiger partial charge in [0.1, 0.15) is 11.7 Å². The molecular formula is C25H32N6O3S. The Kier molecular flexibility index (Phi) is 6.90. The molecule has 10 heteroatoms. The standard InChI is InChI=1S/C25H32N6O3S/c1-16(27-19-14-26-31-12-11-22(34-2)29-24(19)31)21-9-10-23(35-21)30(15-32)20(13-17-5-3-4-6-17)25(33)28-18-7-8-18/h9-12,14-18,20,27H,3-8,13H2,1-2H3,(H,28,33)/t16?,20-/m0/s1. The summed E-state index contributed by atoms with van der Waals surface area (Å²) in [6.45, 7) is 2.06. The van der Waals surface area contributed by atoms with Gasteiger partial charge in [-0.1, -0.05) is 25.7 Å². The second kappa shape index (κ2) is 10.2. The van der Waals surface area contributed by atoms with Crippen LogP contribution in [0.2, 0.25) is 0 Å². The smallest absolute Gasteiger partial charge is 0.243 e. The van der Waals surface area contributed by atoms with Gasteiger partial charge in [0.25, 0.3) is 0 Å². The lowest BCUT2D eigenvalue weighted by molar-refractivity contribution is -0.124. The fourth-order valence-corrected chi connectivity index (χ4v) is 5.82. The molecule has 2 fully saturated rings. The van der Waals surface area contributed by atoms with Crippen LogP contribution in [0.1, 0.15) is 62.8 Å². The molecule has 2 atom stereocenters. The van der Waals surface area contributed by atoms with Gasteiger partial charge in [0, 0.05) is 23.2 Å². The number of methoxy groups -OCH3 is 1. The number of hydrogen-bond acceptors (Lipinski definition) is 7. The molecule has 0 aromatic carbocycles. The molecular weight excluding hydrogens is 464 g/mol. The van der Waals surface area contributed by atoms with Crippen LogP contribution >= 0.6 is 11.3 Å². The molecule has 2 N–H and O–H groups in total. The van der Waals surface area contributed by atoms with Crippen molar-refractivity contribution in [1.29, 1.82) is 0 Å². The van der Waals surface area contributed by atoms with Crippen LogP contribution in [0.5, 0.6) is 5.88 Å². The molecule has 0 spiro atoms. The third-order valence-corrected chi connectivity index (χ3v) is 8.21. The number of carbonyl (C=O) groups is 2. The van der Waals surface area contributed by atoms with Crippen LogP contribution < -0.4 is 20.3 Å². The summed E-state index contributed by atoms with van der Waals surface area (Å²) in [5, 5.41) is 11.7. The van der Waals surface area contributed by atoms with E-state index in [1.165, 1.54) is 24.2 Å². The van der Waals surface area contributed by atoms with Gasteiger partial charge >= 0.3 is 0 Å². The van der Waals surface area contributed by atoms with Gasteiger partial charge in [-0.2, -0.15) is 10.1 Å². The van der Waals surface area contributed by atoms with Crippen molar-refractivity contribution in [3.8, 4) is 5.88 Å². The number of carbonyl (C=O) groups excluding carboxylic acids is 2. The maximum Gasteiger partial charge on any atom is 0.243 e. The van der Waals surface area contributed by atoms with Crippen molar-refractivity contribution in [1.82, 2.24) is 19.9 Å². The van der Waals surface area contributed by atoms with Gasteiger partial charge in [-0.15, -0.1) is 11.3 Å². The zero-order chi connectivity index (χ0) is 24.4. The van der Waals surface area contributed by atoms with Crippen molar-refractivity contribution >= 4 is 40.0 Å². The predicted molar refractivity (Wildman–Crippen MR) is 136 cm³/mol. The molecule has 0 saturated heterocycles. The zero-order valence-corrected chi connectivity index (χ0v) is 21.0. The Morgan fingerprint density at radius 1 is 1.29 bits per heavy atom. The topological polar surface area (TPSA) is 101 Å². The first kappa shape index (κ1) is 23.6. The summed E-state index contributed by atoms with van der Waals surface area (Å²) in [5.74, 6) is 0.984. The average molecular weight is 497 g/mol. The summed E-state index contributed by atoms with van der Waals surface area (Å²) in [7, 11) is 1.59. The number of thiophene rings is 1. The molecule has 2 aliphatic rings. The summed E-state index contributed by atoms with van der Waals surface area (Å²) < 4.78 is 6.94. The van der Waals surface area contributed by atoms with Crippen molar-refractivity contribution < 1.29 is 14.3 Å². The monoisotopic (exact) mass is 496 g/mol. The van der Waals surface area contributed by atoms with Crippen molar-refractivity contribution in [3.63, 3.8) is 0 Å². The van der Waals surface area contributed by atoms with Crippen LogP contribution in [0, 0.1) is 5.92 Å². The summed E-state index contributed by atoms with van der Waals surface area (Å²) in [6.07, 6.45) is 11.8. The van der Waals surface area contributed by atoms with E-state index in [-0.39, 0.29) is 18.0 Å². The summed E-state index contributed by atoms with van der Waals surface area (Å²) >= 11 is 1.53. The number of anilines is 2. The SMILES string of the molecule is COc1ccn2ncc(NC(C)c3ccc(N(C=O)[C@@H](CC4CCCC4)C(=O)NC4CC4)s3)c2n1. The molecule has 0 bridgehead atoms. The van der Waals surface area contributed by atoms with Crippen molar-refractivity contribution in [3.05, 3.63) is 35.5 Å². The van der Waals surface area contributed by atoms with E-state index < -0.39 is 6.04 Å². The van der Waals surface area contributed by atoms with Gasteiger partial charge in [0.2, 0.25) is 18.2 Å². The number of nitrogens with zero attached hydrogens (tertiary/aromatic N) is 4. The van der Waals surface area contributed by atoms with E-state index in [1.807, 2.05) is 12.1 Å². The molecule has 2 aliphatic carbocycles. The Hall–Kier alpha value is -3.14. The number of rotatable bonds is 11. The second-order valence-electron chi connectivity index (χ2n) is 9.54. The summed E-state index contributed by atoms with van der Waals surface area (Å²) in [5.41, 5.74) is 1.47. The molecule has 2 amide bonds. The van der Waals surface area contributed by atoms with Gasteiger partial charge in [-0.05, 0) is 44.2 Å². The van der Waals surface area contributed by atoms with E-state index in [9.17, 15) is 9.59 Å². The molecule has 35 heavy (non-hydrogen) atoms. The number of ether oxygens (including phenoxy) is 1. The van der Waals surface area contributed by atoms with Crippen molar-refractivity contribution in [2.24, 2.45) is 5.92 Å². The third kappa shape index (κ3) is 5.27. The lowest BCUT2D eigenvalue weighted by Gasteiger charge is -2.28. The van der Waals surface area contributed by atoms with Crippen LogP contribution in [0.25, 0.3) is 5.65 Å². The van der Waals surface area contributed by atoms with Crippen LogP contribution in [-0.4, -0.2) is 46.1 Å².